The molecule has 0 N–H and O–H groups in total. The normalized spacial score (nSPS) is 12.5. The van der Waals surface area contributed by atoms with Crippen LogP contribution < -0.4 is 20.7 Å². The standard InChI is InChI=1S/C50H74O10Si2/c1-49(2,3)61(45-19-11-7-12-20-45,46-21-13-8-14-22-46)59-43-41-57-39-37-55-35-33-53-31-29-51-27-28-52-30-32-54-34-36-56-38-40-58-42-44-60-62(50(4,5)6,47-23-15-9-16-24-47)48-25-17-10-18-26-48/h7-26H,27-44H2,1-6H3. The number of ether oxygens (including phenoxy) is 8. The zero-order valence-corrected chi connectivity index (χ0v) is 40.4. The Kier molecular flexibility index (Phi) is 23.8. The van der Waals surface area contributed by atoms with Crippen molar-refractivity contribution in [3.8, 4) is 0 Å². The van der Waals surface area contributed by atoms with Gasteiger partial charge in [-0.3, -0.25) is 0 Å². The second-order valence-corrected chi connectivity index (χ2v) is 25.5. The van der Waals surface area contributed by atoms with Gasteiger partial charge in [0, 0.05) is 0 Å². The van der Waals surface area contributed by atoms with E-state index in [2.05, 4.69) is 163 Å². The minimum Gasteiger partial charge on any atom is -0.405 e. The van der Waals surface area contributed by atoms with Crippen LogP contribution in [0.15, 0.2) is 121 Å². The van der Waals surface area contributed by atoms with Crippen molar-refractivity contribution in [2.75, 3.05) is 119 Å². The molecule has 0 aliphatic rings. The van der Waals surface area contributed by atoms with Gasteiger partial charge in [0.2, 0.25) is 0 Å². The van der Waals surface area contributed by atoms with Crippen LogP contribution in [0.4, 0.5) is 0 Å². The average Bonchev–Trinajstić information content (AvgIpc) is 3.27. The quantitative estimate of drug-likeness (QED) is 0.0403. The lowest BCUT2D eigenvalue weighted by atomic mass is 10.2. The summed E-state index contributed by atoms with van der Waals surface area (Å²) in [6, 6.07) is 42.6. The monoisotopic (exact) mass is 890 g/mol. The molecular formula is C50H74O10Si2. The Bertz CT molecular complexity index is 1480. The van der Waals surface area contributed by atoms with E-state index in [9.17, 15) is 0 Å². The second kappa shape index (κ2) is 28.7. The third kappa shape index (κ3) is 16.5. The van der Waals surface area contributed by atoms with Crippen LogP contribution >= 0.6 is 0 Å². The topological polar surface area (TPSA) is 92.3 Å². The lowest BCUT2D eigenvalue weighted by Gasteiger charge is -2.43. The van der Waals surface area contributed by atoms with E-state index in [1.54, 1.807) is 0 Å². The van der Waals surface area contributed by atoms with E-state index >= 15 is 0 Å². The number of rotatable bonds is 33. The first-order valence-corrected chi connectivity index (χ1v) is 26.1. The maximum atomic E-state index is 6.87. The van der Waals surface area contributed by atoms with Crippen LogP contribution in [0.3, 0.4) is 0 Å². The Balaban J connectivity index is 0.908. The fraction of sp³-hybridized carbons (Fsp3) is 0.520. The number of hydrogen-bond donors (Lipinski definition) is 0. The maximum Gasteiger partial charge on any atom is 0.261 e. The lowest BCUT2D eigenvalue weighted by molar-refractivity contribution is -0.0242. The summed E-state index contributed by atoms with van der Waals surface area (Å²) in [6.45, 7) is 22.8. The highest BCUT2D eigenvalue weighted by atomic mass is 28.4. The Hall–Kier alpha value is -3.09. The summed E-state index contributed by atoms with van der Waals surface area (Å²) >= 11 is 0. The third-order valence-electron chi connectivity index (χ3n) is 10.5. The Morgan fingerprint density at radius 1 is 0.258 bits per heavy atom. The second-order valence-electron chi connectivity index (χ2n) is 16.9. The van der Waals surface area contributed by atoms with Crippen LogP contribution in [0.1, 0.15) is 41.5 Å². The summed E-state index contributed by atoms with van der Waals surface area (Å²) in [4.78, 5) is 0. The van der Waals surface area contributed by atoms with Gasteiger partial charge in [0.05, 0.1) is 119 Å². The van der Waals surface area contributed by atoms with Crippen molar-refractivity contribution >= 4 is 37.4 Å². The SMILES string of the molecule is CC(C)(C)[Si](OCCOCCOCCOCCOCCOCCOCCOCCOCCO[Si](c1ccccc1)(c1ccccc1)C(C)(C)C)(c1ccccc1)c1ccccc1. The van der Waals surface area contributed by atoms with Crippen LogP contribution in [0, 0.1) is 0 Å². The zero-order chi connectivity index (χ0) is 44.3. The molecule has 12 heteroatoms. The van der Waals surface area contributed by atoms with Crippen molar-refractivity contribution in [3.05, 3.63) is 121 Å². The molecule has 0 amide bonds. The molecule has 0 aliphatic heterocycles. The van der Waals surface area contributed by atoms with E-state index in [-0.39, 0.29) is 10.1 Å². The first-order chi connectivity index (χ1) is 30.1. The summed E-state index contributed by atoms with van der Waals surface area (Å²) in [5.74, 6) is 0. The molecule has 0 saturated carbocycles. The Labute approximate surface area is 374 Å². The van der Waals surface area contributed by atoms with Gasteiger partial charge in [0.25, 0.3) is 16.6 Å². The van der Waals surface area contributed by atoms with E-state index in [1.807, 2.05) is 0 Å². The number of benzene rings is 4. The van der Waals surface area contributed by atoms with Crippen molar-refractivity contribution in [2.24, 2.45) is 0 Å². The van der Waals surface area contributed by atoms with Gasteiger partial charge < -0.3 is 46.7 Å². The van der Waals surface area contributed by atoms with Crippen molar-refractivity contribution < 1.29 is 46.7 Å². The molecule has 0 heterocycles. The molecule has 0 bridgehead atoms. The smallest absolute Gasteiger partial charge is 0.261 e. The third-order valence-corrected chi connectivity index (χ3v) is 20.6. The van der Waals surface area contributed by atoms with Crippen LogP contribution in [0.25, 0.3) is 0 Å². The number of hydrogen-bond acceptors (Lipinski definition) is 10. The summed E-state index contributed by atoms with van der Waals surface area (Å²) in [6.07, 6.45) is 0. The molecular weight excluding hydrogens is 817 g/mol. The first-order valence-electron chi connectivity index (χ1n) is 22.2. The molecule has 0 radical (unpaired) electrons. The molecule has 0 unspecified atom stereocenters. The van der Waals surface area contributed by atoms with Crippen molar-refractivity contribution in [1.82, 2.24) is 0 Å². The minimum atomic E-state index is -2.55. The molecule has 0 spiro atoms. The van der Waals surface area contributed by atoms with E-state index < -0.39 is 16.6 Å². The fourth-order valence-electron chi connectivity index (χ4n) is 7.67. The van der Waals surface area contributed by atoms with Gasteiger partial charge in [0.1, 0.15) is 0 Å². The summed E-state index contributed by atoms with van der Waals surface area (Å²) < 4.78 is 59.3. The van der Waals surface area contributed by atoms with Gasteiger partial charge in [0.15, 0.2) is 0 Å². The van der Waals surface area contributed by atoms with Gasteiger partial charge in [-0.25, -0.2) is 0 Å². The lowest BCUT2D eigenvalue weighted by Crippen LogP contribution is -2.66. The molecule has 4 aromatic rings. The Morgan fingerprint density at radius 2 is 0.419 bits per heavy atom. The van der Waals surface area contributed by atoms with Crippen LogP contribution in [0.2, 0.25) is 10.1 Å². The average molecular weight is 891 g/mol. The van der Waals surface area contributed by atoms with Gasteiger partial charge in [-0.1, -0.05) is 163 Å². The molecule has 4 rings (SSSR count). The maximum absolute atomic E-state index is 6.87. The molecule has 0 saturated heterocycles. The van der Waals surface area contributed by atoms with Gasteiger partial charge in [-0.05, 0) is 30.8 Å². The molecule has 0 aromatic heterocycles. The molecule has 0 atom stereocenters. The largest absolute Gasteiger partial charge is 0.405 e. The predicted molar refractivity (Wildman–Crippen MR) is 254 cm³/mol. The minimum absolute atomic E-state index is 0.0592. The van der Waals surface area contributed by atoms with Gasteiger partial charge in [-0.15, -0.1) is 0 Å². The molecule has 10 nitrogen and oxygen atoms in total. The van der Waals surface area contributed by atoms with Crippen LogP contribution in [-0.2, 0) is 46.7 Å². The van der Waals surface area contributed by atoms with Crippen LogP contribution in [-0.4, -0.2) is 136 Å². The molecule has 4 aromatic carbocycles. The highest BCUT2D eigenvalue weighted by Gasteiger charge is 2.51. The molecule has 342 valence electrons. The summed E-state index contributed by atoms with van der Waals surface area (Å²) in [5, 5.41) is 4.95. The molecule has 0 fully saturated rings. The van der Waals surface area contributed by atoms with E-state index in [0.717, 1.165) is 0 Å². The summed E-state index contributed by atoms with van der Waals surface area (Å²) in [7, 11) is -5.09. The van der Waals surface area contributed by atoms with Crippen molar-refractivity contribution in [1.29, 1.82) is 0 Å². The Morgan fingerprint density at radius 3 is 0.581 bits per heavy atom. The highest BCUT2D eigenvalue weighted by molar-refractivity contribution is 7.00. The molecule has 62 heavy (non-hydrogen) atoms. The fourth-order valence-corrected chi connectivity index (χ4v) is 16.8. The van der Waals surface area contributed by atoms with E-state index in [4.69, 9.17) is 46.7 Å². The van der Waals surface area contributed by atoms with Gasteiger partial charge in [-0.2, -0.15) is 0 Å². The highest BCUT2D eigenvalue weighted by Crippen LogP contribution is 2.37. The zero-order valence-electron chi connectivity index (χ0n) is 38.4. The van der Waals surface area contributed by atoms with Crippen LogP contribution in [0.5, 0.6) is 0 Å². The molecule has 0 aliphatic carbocycles. The summed E-state index contributed by atoms with van der Waals surface area (Å²) in [5.41, 5.74) is 0. The van der Waals surface area contributed by atoms with E-state index in [0.29, 0.717) is 119 Å². The predicted octanol–water partition coefficient (Wildman–Crippen LogP) is 6.27. The van der Waals surface area contributed by atoms with Gasteiger partial charge >= 0.3 is 0 Å². The van der Waals surface area contributed by atoms with Crippen molar-refractivity contribution in [2.45, 2.75) is 51.6 Å². The first kappa shape index (κ1) is 51.5. The van der Waals surface area contributed by atoms with E-state index in [1.165, 1.54) is 20.7 Å². The van der Waals surface area contributed by atoms with Crippen molar-refractivity contribution in [3.63, 3.8) is 0 Å².